The second-order valence-electron chi connectivity index (χ2n) is 8.19. The Morgan fingerprint density at radius 3 is 2.67 bits per heavy atom. The van der Waals surface area contributed by atoms with Crippen LogP contribution in [0.1, 0.15) is 29.9 Å². The number of anilines is 1. The molecule has 2 N–H and O–H groups in total. The number of thiocarbonyl (C=S) groups is 1. The largest absolute Gasteiger partial charge is 0.353 e. The van der Waals surface area contributed by atoms with Gasteiger partial charge < -0.3 is 20.1 Å². The van der Waals surface area contributed by atoms with Crippen LogP contribution in [-0.2, 0) is 11.8 Å². The number of nitrogens with one attached hydrogen (secondary N) is 2. The highest BCUT2D eigenvalue weighted by atomic mass is 32.1. The van der Waals surface area contributed by atoms with E-state index >= 15 is 0 Å². The van der Waals surface area contributed by atoms with Crippen LogP contribution < -0.4 is 10.6 Å². The molecule has 0 saturated carbocycles. The first-order valence-electron chi connectivity index (χ1n) is 11.0. The van der Waals surface area contributed by atoms with Crippen LogP contribution in [0, 0.1) is 0 Å². The summed E-state index contributed by atoms with van der Waals surface area (Å²) in [5.41, 5.74) is 2.87. The molecule has 33 heavy (non-hydrogen) atoms. The Balaban J connectivity index is 1.36. The first kappa shape index (κ1) is 21.2. The van der Waals surface area contributed by atoms with E-state index in [4.69, 9.17) is 12.2 Å². The van der Waals surface area contributed by atoms with Gasteiger partial charge in [-0.05, 0) is 47.9 Å². The summed E-state index contributed by atoms with van der Waals surface area (Å²) in [6.07, 6.45) is 4.14. The van der Waals surface area contributed by atoms with E-state index < -0.39 is 0 Å². The summed E-state index contributed by atoms with van der Waals surface area (Å²) >= 11 is 5.70. The van der Waals surface area contributed by atoms with E-state index in [1.165, 1.54) is 0 Å². The minimum atomic E-state index is -0.0894. The summed E-state index contributed by atoms with van der Waals surface area (Å²) in [6, 6.07) is 23.9. The lowest BCUT2D eigenvalue weighted by Gasteiger charge is -2.28. The van der Waals surface area contributed by atoms with E-state index in [1.54, 1.807) is 6.20 Å². The Morgan fingerprint density at radius 2 is 1.88 bits per heavy atom. The third-order valence-electron chi connectivity index (χ3n) is 6.13. The molecule has 2 aromatic carbocycles. The van der Waals surface area contributed by atoms with Gasteiger partial charge in [0, 0.05) is 49.2 Å². The molecular weight excluding hydrogens is 430 g/mol. The van der Waals surface area contributed by atoms with E-state index in [1.807, 2.05) is 80.0 Å². The van der Waals surface area contributed by atoms with Gasteiger partial charge in [-0.1, -0.05) is 42.5 Å². The van der Waals surface area contributed by atoms with Crippen molar-refractivity contribution in [3.8, 4) is 0 Å². The van der Waals surface area contributed by atoms with E-state index in [0.29, 0.717) is 18.1 Å². The topological polar surface area (TPSA) is 62.2 Å². The number of hydrogen-bond donors (Lipinski definition) is 2. The maximum absolute atomic E-state index is 12.9. The molecule has 0 unspecified atom stereocenters. The van der Waals surface area contributed by atoms with E-state index in [2.05, 4.69) is 31.2 Å². The highest BCUT2D eigenvalue weighted by molar-refractivity contribution is 7.80. The highest BCUT2D eigenvalue weighted by Crippen LogP contribution is 2.38. The van der Waals surface area contributed by atoms with Gasteiger partial charge in [-0.25, -0.2) is 0 Å². The molecule has 1 aliphatic rings. The molecule has 0 aliphatic carbocycles. The Bertz CT molecular complexity index is 1300. The van der Waals surface area contributed by atoms with Gasteiger partial charge in [-0.2, -0.15) is 0 Å². The smallest absolute Gasteiger partial charge is 0.226 e. The molecule has 0 bridgehead atoms. The Morgan fingerprint density at radius 1 is 1.06 bits per heavy atom. The van der Waals surface area contributed by atoms with Crippen LogP contribution in [0.4, 0.5) is 5.69 Å². The fourth-order valence-corrected chi connectivity index (χ4v) is 4.85. The number of aromatic nitrogens is 2. The van der Waals surface area contributed by atoms with Gasteiger partial charge in [0.2, 0.25) is 5.91 Å². The molecular formula is C26H25N5OS. The van der Waals surface area contributed by atoms with Gasteiger partial charge in [0.05, 0.1) is 17.8 Å². The predicted octanol–water partition coefficient (Wildman–Crippen LogP) is 4.57. The lowest BCUT2D eigenvalue weighted by Crippen LogP contribution is -2.33. The number of aryl methyl sites for hydroxylation is 1. The molecule has 6 nitrogen and oxygen atoms in total. The van der Waals surface area contributed by atoms with Crippen molar-refractivity contribution in [2.24, 2.45) is 7.05 Å². The summed E-state index contributed by atoms with van der Waals surface area (Å²) in [5.74, 6) is -0.0407. The number of nitrogens with zero attached hydrogens (tertiary/aromatic N) is 3. The first-order valence-corrected chi connectivity index (χ1v) is 11.4. The van der Waals surface area contributed by atoms with Crippen molar-refractivity contribution in [1.29, 1.82) is 0 Å². The van der Waals surface area contributed by atoms with Crippen molar-refractivity contribution in [3.63, 3.8) is 0 Å². The third-order valence-corrected chi connectivity index (χ3v) is 6.48. The fraction of sp³-hybridized carbons (Fsp3) is 0.192. The van der Waals surface area contributed by atoms with Gasteiger partial charge in [-0.15, -0.1) is 0 Å². The minimum Gasteiger partial charge on any atom is -0.353 e. The van der Waals surface area contributed by atoms with Crippen LogP contribution in [-0.4, -0.2) is 32.0 Å². The number of hydrogen-bond acceptors (Lipinski definition) is 3. The number of amides is 1. The Hall–Kier alpha value is -3.71. The monoisotopic (exact) mass is 455 g/mol. The quantitative estimate of drug-likeness (QED) is 0.417. The fourth-order valence-electron chi connectivity index (χ4n) is 4.52. The van der Waals surface area contributed by atoms with Crippen molar-refractivity contribution in [2.75, 3.05) is 11.9 Å². The van der Waals surface area contributed by atoms with Gasteiger partial charge in [0.1, 0.15) is 0 Å². The van der Waals surface area contributed by atoms with Crippen molar-refractivity contribution in [3.05, 3.63) is 96.6 Å². The Kier molecular flexibility index (Phi) is 5.79. The average molecular weight is 456 g/mol. The summed E-state index contributed by atoms with van der Waals surface area (Å²) in [7, 11) is 2.03. The lowest BCUT2D eigenvalue weighted by atomic mass is 10.0. The number of carbonyl (C=O) groups excluding carboxylic acids is 1. The standard InChI is InChI=1S/C26H25N5OS/c1-30-16-7-13-22(30)25-24(21-11-4-5-15-27-21)29-26(33)31(25)17-14-23(32)28-20-12-6-9-18-8-2-3-10-19(18)20/h2-13,15-16,24-25H,14,17H2,1H3,(H,28,32)(H,29,33)/t24-,25-/m0/s1. The maximum atomic E-state index is 12.9. The molecule has 0 spiro atoms. The minimum absolute atomic E-state index is 0.0407. The number of rotatable bonds is 6. The van der Waals surface area contributed by atoms with Crippen molar-refractivity contribution < 1.29 is 4.79 Å². The number of pyridine rings is 1. The second kappa shape index (κ2) is 9.03. The molecule has 5 rings (SSSR count). The SMILES string of the molecule is Cn1cccc1[C@H]1[C@H](c2ccccn2)NC(=S)N1CCC(=O)Nc1cccc2ccccc12. The van der Waals surface area contributed by atoms with E-state index in [-0.39, 0.29) is 18.0 Å². The summed E-state index contributed by atoms with van der Waals surface area (Å²) in [6.45, 7) is 0.502. The molecule has 7 heteroatoms. The molecule has 1 amide bonds. The first-order chi connectivity index (χ1) is 16.1. The summed E-state index contributed by atoms with van der Waals surface area (Å²) in [4.78, 5) is 19.6. The Labute approximate surface area is 198 Å². The maximum Gasteiger partial charge on any atom is 0.226 e. The van der Waals surface area contributed by atoms with Crippen molar-refractivity contribution in [1.82, 2.24) is 19.8 Å². The van der Waals surface area contributed by atoms with Crippen LogP contribution in [0.5, 0.6) is 0 Å². The second-order valence-corrected chi connectivity index (χ2v) is 8.58. The van der Waals surface area contributed by atoms with E-state index in [0.717, 1.165) is 27.8 Å². The van der Waals surface area contributed by atoms with Gasteiger partial charge in [0.15, 0.2) is 5.11 Å². The zero-order valence-electron chi connectivity index (χ0n) is 18.3. The van der Waals surface area contributed by atoms with Crippen LogP contribution in [0.3, 0.4) is 0 Å². The third kappa shape index (κ3) is 4.19. The molecule has 0 radical (unpaired) electrons. The molecule has 2 aromatic heterocycles. The number of carbonyl (C=O) groups is 1. The molecule has 4 aromatic rings. The van der Waals surface area contributed by atoms with Crippen LogP contribution in [0.25, 0.3) is 10.8 Å². The lowest BCUT2D eigenvalue weighted by molar-refractivity contribution is -0.116. The zero-order chi connectivity index (χ0) is 22.8. The van der Waals surface area contributed by atoms with Crippen LogP contribution in [0.15, 0.2) is 85.2 Å². The summed E-state index contributed by atoms with van der Waals surface area (Å²) < 4.78 is 2.10. The molecule has 1 aliphatic heterocycles. The zero-order valence-corrected chi connectivity index (χ0v) is 19.1. The van der Waals surface area contributed by atoms with Crippen molar-refractivity contribution >= 4 is 39.7 Å². The molecule has 1 fully saturated rings. The van der Waals surface area contributed by atoms with Crippen molar-refractivity contribution in [2.45, 2.75) is 18.5 Å². The van der Waals surface area contributed by atoms with Gasteiger partial charge in [0.25, 0.3) is 0 Å². The number of benzene rings is 2. The molecule has 3 heterocycles. The molecule has 166 valence electrons. The average Bonchev–Trinajstić information content (AvgIpc) is 3.40. The normalized spacial score (nSPS) is 17.8. The van der Waals surface area contributed by atoms with Crippen LogP contribution in [0.2, 0.25) is 0 Å². The molecule has 1 saturated heterocycles. The predicted molar refractivity (Wildman–Crippen MR) is 135 cm³/mol. The highest BCUT2D eigenvalue weighted by Gasteiger charge is 2.40. The van der Waals surface area contributed by atoms with Gasteiger partial charge >= 0.3 is 0 Å². The summed E-state index contributed by atoms with van der Waals surface area (Å²) in [5, 5.41) is 9.28. The van der Waals surface area contributed by atoms with Gasteiger partial charge in [-0.3, -0.25) is 9.78 Å². The number of fused-ring (bicyclic) bond motifs is 1. The molecule has 2 atom stereocenters. The van der Waals surface area contributed by atoms with E-state index in [9.17, 15) is 4.79 Å². The van der Waals surface area contributed by atoms with Crippen LogP contribution >= 0.6 is 12.2 Å².